The van der Waals surface area contributed by atoms with Crippen molar-refractivity contribution in [3.05, 3.63) is 61.9 Å². The van der Waals surface area contributed by atoms with Crippen molar-refractivity contribution in [2.75, 3.05) is 5.32 Å². The van der Waals surface area contributed by atoms with E-state index in [1.807, 2.05) is 55.4 Å². The van der Waals surface area contributed by atoms with Gasteiger partial charge in [0.25, 0.3) is 24.2 Å². The van der Waals surface area contributed by atoms with E-state index in [4.69, 9.17) is 77.6 Å². The molecule has 16 N–H and O–H groups in total. The summed E-state index contributed by atoms with van der Waals surface area (Å²) < 4.78 is 22.8. The Morgan fingerprint density at radius 1 is 0.757 bits per heavy atom. The molecule has 3 saturated carbocycles. The van der Waals surface area contributed by atoms with Gasteiger partial charge in [-0.2, -0.15) is 0 Å². The van der Waals surface area contributed by atoms with Crippen molar-refractivity contribution in [1.29, 1.82) is 0 Å². The van der Waals surface area contributed by atoms with Gasteiger partial charge < -0.3 is 70.8 Å². The first kappa shape index (κ1) is 70.7. The van der Waals surface area contributed by atoms with Crippen molar-refractivity contribution in [1.82, 2.24) is 29.9 Å². The SMILES string of the molecule is CC(C)(C)N.CC1CCC(N)CC1O.Cl.O=CO[O-].[2H]c1nc(Cl)[nH]c(=NC2CCC(C)C(O)C2)c1C(N)=O.[2H]c1nc(Cl)nc(Cl)c1C(N)=O.[2H]c1nc(NC(C)(C)C)[nH]c(=NC2CCC(C)C(O)C2)c1C(N)=O.[H-].[K+].[K+]. The monoisotopic (exact) mass is 1180 g/mol. The normalized spacial score (nSPS) is 24.0. The van der Waals surface area contributed by atoms with E-state index in [2.05, 4.69) is 57.0 Å². The first-order valence-corrected chi connectivity index (χ1v) is 23.8. The van der Waals surface area contributed by atoms with Crippen molar-refractivity contribution < 1.29 is 153 Å². The Bertz CT molecular complexity index is 2460. The van der Waals surface area contributed by atoms with E-state index in [-0.39, 0.29) is 232 Å². The Kier molecular flexibility index (Phi) is 36.6. The number of H-pyrrole nitrogens is 2. The van der Waals surface area contributed by atoms with Gasteiger partial charge in [-0.1, -0.05) is 32.4 Å². The molecule has 3 amide bonds. The van der Waals surface area contributed by atoms with Gasteiger partial charge in [-0.3, -0.25) is 29.2 Å². The van der Waals surface area contributed by atoms with E-state index < -0.39 is 29.9 Å². The standard InChI is InChI=1S/C16H27N5O2.C12H17ClN4O2.C7H15NO.C5H3Cl2N3O.C4H11N.CH2O3.ClH.2K.H/c1-9-5-6-10(7-12(9)22)19-14-11(13(17)23)8-18-15(20-14)21-16(2,3)4;1-6-2-3-7(4-9(6)18)16-11-8(10(14)19)5-15-12(13)17-11;1-5-2-3-6(8)4-7(5)9;6-3-2(4(8)11)1-9-5(7)10-3;1-4(2,3)5;2-1-4-3;;;;/h8-10,12,22H,5-7H2,1-4H3,(H2,17,23)(H2,18,19,20,21);5-7,9,18H,2-4H2,1H3,(H2,14,19)(H,15,16,17);5-7,9H,2-4,8H2,1H3;1H,(H2,8,11);5H2,1-3H3;1,3H;1H;;;/q;;;;;;;2*+1;-1/p-1/i8D;5D;;1D;;;;;;. The van der Waals surface area contributed by atoms with E-state index in [1.165, 1.54) is 0 Å². The molecule has 0 aromatic carbocycles. The van der Waals surface area contributed by atoms with Crippen molar-refractivity contribution in [3.8, 4) is 0 Å². The van der Waals surface area contributed by atoms with Gasteiger partial charge in [0.15, 0.2) is 0 Å². The topological polar surface area (TPSA) is 411 Å². The Labute approximate surface area is 544 Å². The van der Waals surface area contributed by atoms with Crippen LogP contribution in [0.5, 0.6) is 0 Å². The van der Waals surface area contributed by atoms with E-state index in [1.54, 1.807) is 0 Å². The largest absolute Gasteiger partial charge is 1.00 e. The minimum atomic E-state index is -0.846. The molecule has 0 spiro atoms. The molecular formula is C45H76Cl4K2N14O9. The van der Waals surface area contributed by atoms with Crippen LogP contribution in [-0.2, 0) is 9.68 Å². The van der Waals surface area contributed by atoms with Gasteiger partial charge in [-0.15, -0.1) is 12.4 Å². The summed E-state index contributed by atoms with van der Waals surface area (Å²) in [5.74, 6) is -1.05. The summed E-state index contributed by atoms with van der Waals surface area (Å²) >= 11 is 16.6. The molecule has 3 aromatic rings. The van der Waals surface area contributed by atoms with Crippen molar-refractivity contribution in [3.63, 3.8) is 0 Å². The van der Waals surface area contributed by atoms with Crippen LogP contribution in [0.4, 0.5) is 5.95 Å². The molecule has 3 fully saturated rings. The van der Waals surface area contributed by atoms with Gasteiger partial charge in [0.2, 0.25) is 16.5 Å². The molecule has 9 atom stereocenters. The maximum atomic E-state index is 11.7. The summed E-state index contributed by atoms with van der Waals surface area (Å²) in [7, 11) is 0. The Balaban J connectivity index is -0.000000456. The van der Waals surface area contributed by atoms with Crippen LogP contribution in [0.1, 0.15) is 157 Å². The Hall–Kier alpha value is -1.29. The number of anilines is 1. The van der Waals surface area contributed by atoms with E-state index in [9.17, 15) is 29.7 Å². The number of aliphatic hydroxyl groups excluding tert-OH is 3. The molecule has 9 unspecified atom stereocenters. The number of amides is 3. The summed E-state index contributed by atoms with van der Waals surface area (Å²) in [5.41, 5.74) is 26.3. The minimum Gasteiger partial charge on any atom is -1.00 e. The number of nitrogens with one attached hydrogen (secondary N) is 3. The zero-order chi connectivity index (χ0) is 57.0. The molecule has 0 aliphatic heterocycles. The number of hydrogen-bond acceptors (Lipinski definition) is 18. The molecule has 23 nitrogen and oxygen atoms in total. The van der Waals surface area contributed by atoms with Crippen LogP contribution in [0.3, 0.4) is 0 Å². The van der Waals surface area contributed by atoms with Crippen LogP contribution < -0.4 is 153 Å². The Morgan fingerprint density at radius 3 is 1.49 bits per heavy atom. The number of rotatable bonds is 7. The summed E-state index contributed by atoms with van der Waals surface area (Å²) in [5, 5.41) is 40.3. The zero-order valence-electron chi connectivity index (χ0n) is 48.0. The Morgan fingerprint density at radius 2 is 1.14 bits per heavy atom. The quantitative estimate of drug-likeness (QED) is 0.0278. The fraction of sp³-hybridized carbons (Fsp3) is 0.644. The summed E-state index contributed by atoms with van der Waals surface area (Å²) in [4.78, 5) is 74.1. The van der Waals surface area contributed by atoms with Crippen LogP contribution in [0.25, 0.3) is 0 Å². The second-order valence-corrected chi connectivity index (χ2v) is 20.5. The number of hydrogen-bond donors (Lipinski definition) is 11. The third-order valence-corrected chi connectivity index (χ3v) is 11.1. The first-order chi connectivity index (χ1) is 34.1. The van der Waals surface area contributed by atoms with Gasteiger partial charge in [0, 0.05) is 35.6 Å². The summed E-state index contributed by atoms with van der Waals surface area (Å²) in [6.45, 7) is 17.7. The third-order valence-electron chi connectivity index (χ3n) is 10.5. The molecular weight excluding hydrogens is 1100 g/mol. The number of halogens is 4. The molecule has 6 rings (SSSR count). The number of carbonyl (C=O) groups is 4. The number of carbonyl (C=O) groups excluding carboxylic acids is 4. The van der Waals surface area contributed by atoms with Crippen molar-refractivity contribution in [2.45, 2.75) is 168 Å². The maximum absolute atomic E-state index is 11.7. The van der Waals surface area contributed by atoms with E-state index >= 15 is 0 Å². The van der Waals surface area contributed by atoms with Crippen LogP contribution >= 0.6 is 47.2 Å². The predicted octanol–water partition coefficient (Wildman–Crippen LogP) is -3.12. The predicted molar refractivity (Wildman–Crippen MR) is 276 cm³/mol. The average molecular weight is 1180 g/mol. The summed E-state index contributed by atoms with van der Waals surface area (Å²) in [6, 6.07) is -0.000506. The molecule has 74 heavy (non-hydrogen) atoms. The first-order valence-electron chi connectivity index (χ1n) is 24.2. The number of aromatic amines is 2. The average Bonchev–Trinajstić information content (AvgIpc) is 3.23. The smallest absolute Gasteiger partial charge is 1.00 e. The van der Waals surface area contributed by atoms with Gasteiger partial charge in [0.05, 0.1) is 51.2 Å². The number of primary amides is 3. The minimum absolute atomic E-state index is 0. The number of nitrogens with zero attached hydrogens (tertiary/aromatic N) is 6. The fourth-order valence-corrected chi connectivity index (χ4v) is 7.13. The number of aromatic nitrogens is 6. The van der Waals surface area contributed by atoms with Crippen LogP contribution in [-0.4, -0.2) is 117 Å². The van der Waals surface area contributed by atoms with E-state index in [0.29, 0.717) is 24.7 Å². The molecule has 3 aliphatic rings. The van der Waals surface area contributed by atoms with Gasteiger partial charge in [0.1, 0.15) is 16.1 Å². The van der Waals surface area contributed by atoms with Gasteiger partial charge in [-0.25, -0.2) is 19.9 Å². The second-order valence-electron chi connectivity index (χ2n) is 19.5. The van der Waals surface area contributed by atoms with Crippen LogP contribution in [0.15, 0.2) is 28.5 Å². The molecule has 3 aromatic heterocycles. The molecule has 0 bridgehead atoms. The molecule has 410 valence electrons. The molecule has 3 heterocycles. The zero-order valence-corrected chi connectivity index (χ0v) is 53.4. The van der Waals surface area contributed by atoms with Crippen LogP contribution in [0.2, 0.25) is 15.7 Å². The van der Waals surface area contributed by atoms with Gasteiger partial charge >= 0.3 is 103 Å². The van der Waals surface area contributed by atoms with Gasteiger partial charge in [-0.05, 0) is 140 Å². The molecule has 29 heteroatoms. The third kappa shape index (κ3) is 32.6. The van der Waals surface area contributed by atoms with E-state index in [0.717, 1.165) is 44.9 Å². The number of aliphatic hydroxyl groups is 3. The van der Waals surface area contributed by atoms with Crippen LogP contribution in [0, 0.1) is 17.8 Å². The fourth-order valence-electron chi connectivity index (χ4n) is 6.61. The van der Waals surface area contributed by atoms with Crippen molar-refractivity contribution in [2.24, 2.45) is 56.4 Å². The molecule has 3 aliphatic carbocycles. The van der Waals surface area contributed by atoms with Crippen molar-refractivity contribution >= 4 is 77.4 Å². The maximum Gasteiger partial charge on any atom is 1.00 e. The number of nitrogens with two attached hydrogens (primary N) is 5. The molecule has 0 saturated heterocycles. The second kappa shape index (κ2) is 38.3. The molecule has 0 radical (unpaired) electrons. The summed E-state index contributed by atoms with van der Waals surface area (Å²) in [6.07, 6.45) is 5.51.